The number of fused-ring (bicyclic) bond motifs is 1. The van der Waals surface area contributed by atoms with Crippen LogP contribution in [-0.4, -0.2) is 76.6 Å². The average Bonchev–Trinajstić information content (AvgIpc) is 3.20. The third-order valence-corrected chi connectivity index (χ3v) is 7.33. The van der Waals surface area contributed by atoms with Crippen LogP contribution >= 0.6 is 0 Å². The highest BCUT2D eigenvalue weighted by molar-refractivity contribution is 6.16. The van der Waals surface area contributed by atoms with Crippen LogP contribution in [0.2, 0.25) is 0 Å². The number of aliphatic hydroxyl groups excluding tert-OH is 2. The summed E-state index contributed by atoms with van der Waals surface area (Å²) in [5.41, 5.74) is 3.48. The van der Waals surface area contributed by atoms with Crippen LogP contribution in [0, 0.1) is 17.8 Å². The van der Waals surface area contributed by atoms with Gasteiger partial charge in [0.25, 0.3) is 0 Å². The fraction of sp³-hybridized carbons (Fsp3) is 0.379. The molecular weight excluding hydrogens is 504 g/mol. The number of carbonyl (C=O) groups is 3. The van der Waals surface area contributed by atoms with Crippen molar-refractivity contribution < 1.29 is 39.2 Å². The number of allylic oxidation sites excluding steroid dienone is 1. The van der Waals surface area contributed by atoms with Gasteiger partial charge in [-0.2, -0.15) is 4.90 Å². The van der Waals surface area contributed by atoms with E-state index in [1.54, 1.807) is 36.5 Å². The van der Waals surface area contributed by atoms with Crippen LogP contribution in [0.1, 0.15) is 30.5 Å². The molecule has 1 aliphatic heterocycles. The second kappa shape index (κ2) is 12.3. The number of imide groups is 3. The van der Waals surface area contributed by atoms with Gasteiger partial charge < -0.3 is 24.8 Å². The Kier molecular flexibility index (Phi) is 8.90. The molecule has 1 fully saturated rings. The van der Waals surface area contributed by atoms with Crippen LogP contribution in [0.3, 0.4) is 0 Å². The minimum atomic E-state index is -1.06. The lowest BCUT2D eigenvalue weighted by Crippen LogP contribution is -2.40. The van der Waals surface area contributed by atoms with Crippen molar-refractivity contribution in [1.29, 1.82) is 0 Å². The van der Waals surface area contributed by atoms with Crippen molar-refractivity contribution in [1.82, 2.24) is 9.88 Å². The minimum Gasteiger partial charge on any atom is -0.508 e. The number of likely N-dealkylation sites (tertiary alicyclic amines) is 1. The van der Waals surface area contributed by atoms with E-state index in [0.29, 0.717) is 22.5 Å². The number of hydrogen-bond donors (Lipinski definition) is 3. The van der Waals surface area contributed by atoms with Crippen LogP contribution in [0.4, 0.5) is 4.79 Å². The molecule has 10 heteroatoms. The van der Waals surface area contributed by atoms with Gasteiger partial charge in [-0.25, -0.2) is 4.79 Å². The van der Waals surface area contributed by atoms with Crippen molar-refractivity contribution in [2.75, 3.05) is 27.4 Å². The first-order chi connectivity index (χ1) is 18.8. The van der Waals surface area contributed by atoms with Gasteiger partial charge in [0, 0.05) is 19.2 Å². The molecule has 1 saturated heterocycles. The van der Waals surface area contributed by atoms with E-state index in [9.17, 15) is 29.7 Å². The molecule has 2 aliphatic rings. The molecule has 2 aromatic rings. The SMILES string of the molecule is COCC1=C([C@H](O)CC/C(=C/c2ccc(O)cc2)c2ccccn2)[C@H](CO)[C@@H]2C(=O)N(C(=O)OC)C(=O)[C@@H]2C1. The first-order valence-corrected chi connectivity index (χ1v) is 12.7. The molecule has 0 bridgehead atoms. The summed E-state index contributed by atoms with van der Waals surface area (Å²) in [4.78, 5) is 43.2. The molecule has 3 N–H and O–H groups in total. The fourth-order valence-corrected chi connectivity index (χ4v) is 5.58. The molecule has 1 aliphatic carbocycles. The van der Waals surface area contributed by atoms with Gasteiger partial charge in [0.15, 0.2) is 0 Å². The summed E-state index contributed by atoms with van der Waals surface area (Å²) in [6.07, 6.45) is 2.23. The lowest BCUT2D eigenvalue weighted by atomic mass is 9.68. The van der Waals surface area contributed by atoms with E-state index < -0.39 is 48.4 Å². The third-order valence-electron chi connectivity index (χ3n) is 7.33. The van der Waals surface area contributed by atoms with E-state index in [4.69, 9.17) is 4.74 Å². The van der Waals surface area contributed by atoms with Crippen LogP contribution in [-0.2, 0) is 19.1 Å². The van der Waals surface area contributed by atoms with Gasteiger partial charge in [-0.3, -0.25) is 14.6 Å². The van der Waals surface area contributed by atoms with Crippen LogP contribution in [0.5, 0.6) is 5.75 Å². The van der Waals surface area contributed by atoms with E-state index in [0.717, 1.165) is 23.9 Å². The Hall–Kier alpha value is -3.86. The van der Waals surface area contributed by atoms with Crippen molar-refractivity contribution >= 4 is 29.6 Å². The topological polar surface area (TPSA) is 146 Å². The number of aromatic hydroxyl groups is 1. The number of phenolic OH excluding ortho intramolecular Hbond substituents is 1. The smallest absolute Gasteiger partial charge is 0.423 e. The highest BCUT2D eigenvalue weighted by Gasteiger charge is 2.57. The Morgan fingerprint density at radius 2 is 1.90 bits per heavy atom. The van der Waals surface area contributed by atoms with E-state index in [1.165, 1.54) is 7.11 Å². The first-order valence-electron chi connectivity index (χ1n) is 12.7. The molecule has 4 rings (SSSR count). The summed E-state index contributed by atoms with van der Waals surface area (Å²) in [6, 6.07) is 12.2. The quantitative estimate of drug-likeness (QED) is 0.325. The largest absolute Gasteiger partial charge is 0.508 e. The minimum absolute atomic E-state index is 0.0995. The van der Waals surface area contributed by atoms with Crippen molar-refractivity contribution in [3.63, 3.8) is 0 Å². The Morgan fingerprint density at radius 1 is 1.15 bits per heavy atom. The van der Waals surface area contributed by atoms with Gasteiger partial charge in [-0.05, 0) is 71.9 Å². The average molecular weight is 537 g/mol. The van der Waals surface area contributed by atoms with E-state index in [2.05, 4.69) is 9.72 Å². The molecule has 39 heavy (non-hydrogen) atoms. The third kappa shape index (κ3) is 5.78. The molecule has 0 radical (unpaired) electrons. The Balaban J connectivity index is 1.64. The predicted octanol–water partition coefficient (Wildman–Crippen LogP) is 2.79. The van der Waals surface area contributed by atoms with E-state index in [-0.39, 0.29) is 25.2 Å². The number of nitrogens with zero attached hydrogens (tertiary/aromatic N) is 2. The molecule has 10 nitrogen and oxygen atoms in total. The second-order valence-electron chi connectivity index (χ2n) is 9.63. The molecule has 1 aromatic carbocycles. The molecule has 0 spiro atoms. The summed E-state index contributed by atoms with van der Waals surface area (Å²) in [5, 5.41) is 31.5. The summed E-state index contributed by atoms with van der Waals surface area (Å²) in [5.74, 6) is -3.97. The number of ether oxygens (including phenoxy) is 2. The number of phenols is 1. The van der Waals surface area contributed by atoms with E-state index in [1.807, 2.05) is 18.2 Å². The fourth-order valence-electron chi connectivity index (χ4n) is 5.58. The number of pyridine rings is 1. The lowest BCUT2D eigenvalue weighted by Gasteiger charge is -2.36. The number of amides is 3. The highest BCUT2D eigenvalue weighted by atomic mass is 16.5. The Bertz CT molecular complexity index is 1270. The number of rotatable bonds is 9. The zero-order valence-electron chi connectivity index (χ0n) is 21.8. The molecule has 1 aromatic heterocycles. The number of benzene rings is 1. The number of hydrogen-bond acceptors (Lipinski definition) is 9. The van der Waals surface area contributed by atoms with Gasteiger partial charge in [0.2, 0.25) is 11.8 Å². The van der Waals surface area contributed by atoms with Gasteiger partial charge in [-0.1, -0.05) is 18.2 Å². The standard InChI is InChI=1S/C29H32N2O8/c1-38-16-19-14-21-26(28(36)31(27(21)35)29(37)39-2)22(15-32)25(19)24(34)11-8-18(23-5-3-4-12-30-23)13-17-6-9-20(33)10-7-17/h3-7,9-10,12-13,21-22,24,26,32-34H,8,11,14-16H2,1-2H3/b18-13-/t21-,22+,24-,26-/m1/s1. The summed E-state index contributed by atoms with van der Waals surface area (Å²) >= 11 is 0. The van der Waals surface area contributed by atoms with Gasteiger partial charge >= 0.3 is 6.09 Å². The molecule has 3 amide bonds. The molecule has 0 unspecified atom stereocenters. The normalized spacial score (nSPS) is 22.2. The maximum absolute atomic E-state index is 13.2. The van der Waals surface area contributed by atoms with E-state index >= 15 is 0 Å². The van der Waals surface area contributed by atoms with Crippen molar-refractivity contribution in [2.45, 2.75) is 25.4 Å². The van der Waals surface area contributed by atoms with Crippen molar-refractivity contribution in [3.05, 3.63) is 71.1 Å². The number of methoxy groups -OCH3 is 2. The zero-order valence-corrected chi connectivity index (χ0v) is 21.8. The number of carbonyl (C=O) groups excluding carboxylic acids is 3. The second-order valence-corrected chi connectivity index (χ2v) is 9.63. The monoisotopic (exact) mass is 536 g/mol. The molecule has 0 saturated carbocycles. The van der Waals surface area contributed by atoms with Crippen LogP contribution in [0.25, 0.3) is 11.6 Å². The maximum Gasteiger partial charge on any atom is 0.423 e. The molecule has 206 valence electrons. The first kappa shape index (κ1) is 28.2. The number of aliphatic hydroxyl groups is 2. The molecular formula is C29H32N2O8. The van der Waals surface area contributed by atoms with Gasteiger partial charge in [-0.15, -0.1) is 0 Å². The predicted molar refractivity (Wildman–Crippen MR) is 141 cm³/mol. The maximum atomic E-state index is 13.2. The van der Waals surface area contributed by atoms with Crippen molar-refractivity contribution in [3.8, 4) is 5.75 Å². The van der Waals surface area contributed by atoms with Gasteiger partial charge in [0.05, 0.1) is 44.0 Å². The van der Waals surface area contributed by atoms with Crippen LogP contribution < -0.4 is 0 Å². The van der Waals surface area contributed by atoms with Crippen LogP contribution in [0.15, 0.2) is 59.8 Å². The Morgan fingerprint density at radius 3 is 2.51 bits per heavy atom. The zero-order chi connectivity index (χ0) is 28.1. The molecule has 2 heterocycles. The lowest BCUT2D eigenvalue weighted by molar-refractivity contribution is -0.137. The summed E-state index contributed by atoms with van der Waals surface area (Å²) in [6.45, 7) is -0.395. The van der Waals surface area contributed by atoms with Crippen molar-refractivity contribution in [2.24, 2.45) is 17.8 Å². The summed E-state index contributed by atoms with van der Waals surface area (Å²) in [7, 11) is 2.57. The Labute approximate surface area is 226 Å². The number of aromatic nitrogens is 1. The highest BCUT2D eigenvalue weighted by Crippen LogP contribution is 2.46. The summed E-state index contributed by atoms with van der Waals surface area (Å²) < 4.78 is 9.98. The molecule has 4 atom stereocenters. The van der Waals surface area contributed by atoms with Gasteiger partial charge in [0.1, 0.15) is 5.75 Å².